The molecule has 1 heterocycles. The van der Waals surface area contributed by atoms with E-state index in [-0.39, 0.29) is 5.91 Å². The van der Waals surface area contributed by atoms with Crippen molar-refractivity contribution in [2.45, 2.75) is 20.8 Å². The average Bonchev–Trinajstić information content (AvgIpc) is 2.45. The molecule has 0 aromatic heterocycles. The second kappa shape index (κ2) is 6.86. The Labute approximate surface area is 121 Å². The van der Waals surface area contributed by atoms with Gasteiger partial charge in [-0.15, -0.1) is 0 Å². The van der Waals surface area contributed by atoms with Gasteiger partial charge < -0.3 is 10.2 Å². The van der Waals surface area contributed by atoms with Gasteiger partial charge in [-0.2, -0.15) is 0 Å². The number of likely N-dealkylation sites (N-methyl/N-ethyl adjacent to an activating group) is 1. The third kappa shape index (κ3) is 3.81. The summed E-state index contributed by atoms with van der Waals surface area (Å²) in [4.78, 5) is 16.8. The molecule has 0 unspecified atom stereocenters. The molecule has 0 bridgehead atoms. The zero-order chi connectivity index (χ0) is 14.5. The number of carbonyl (C=O) groups is 1. The van der Waals surface area contributed by atoms with Crippen LogP contribution in [0.1, 0.15) is 18.1 Å². The van der Waals surface area contributed by atoms with Gasteiger partial charge in [0.2, 0.25) is 5.91 Å². The molecule has 1 amide bonds. The minimum atomic E-state index is 0.0867. The Morgan fingerprint density at radius 2 is 1.80 bits per heavy atom. The lowest BCUT2D eigenvalue weighted by atomic mass is 10.1. The van der Waals surface area contributed by atoms with E-state index in [1.807, 2.05) is 19.1 Å². The summed E-state index contributed by atoms with van der Waals surface area (Å²) in [5.74, 6) is 0.0867. The normalized spacial score (nSPS) is 17.1. The average molecular weight is 275 g/mol. The van der Waals surface area contributed by atoms with Crippen LogP contribution in [0.15, 0.2) is 18.2 Å². The Hall–Kier alpha value is -1.39. The number of aryl methyl sites for hydroxylation is 1. The van der Waals surface area contributed by atoms with E-state index in [2.05, 4.69) is 35.0 Å². The molecule has 0 saturated carbocycles. The van der Waals surface area contributed by atoms with Crippen molar-refractivity contribution in [2.75, 3.05) is 44.6 Å². The van der Waals surface area contributed by atoms with Crippen molar-refractivity contribution < 1.29 is 4.79 Å². The number of nitrogens with one attached hydrogen (secondary N) is 1. The van der Waals surface area contributed by atoms with E-state index < -0.39 is 0 Å². The van der Waals surface area contributed by atoms with Gasteiger partial charge in [0.1, 0.15) is 0 Å². The number of rotatable bonds is 4. The van der Waals surface area contributed by atoms with Gasteiger partial charge >= 0.3 is 0 Å². The molecule has 0 radical (unpaired) electrons. The zero-order valence-electron chi connectivity index (χ0n) is 12.8. The third-order valence-electron chi connectivity index (χ3n) is 4.16. The van der Waals surface area contributed by atoms with Crippen molar-refractivity contribution in [3.63, 3.8) is 0 Å². The van der Waals surface area contributed by atoms with Crippen LogP contribution in [0.4, 0.5) is 5.69 Å². The van der Waals surface area contributed by atoms with Crippen molar-refractivity contribution >= 4 is 11.6 Å². The third-order valence-corrected chi connectivity index (χ3v) is 4.16. The first kappa shape index (κ1) is 15.0. The Kier molecular flexibility index (Phi) is 5.15. The van der Waals surface area contributed by atoms with Gasteiger partial charge in [0.05, 0.1) is 6.54 Å². The maximum Gasteiger partial charge on any atom is 0.238 e. The van der Waals surface area contributed by atoms with Crippen LogP contribution < -0.4 is 5.32 Å². The molecular weight excluding hydrogens is 250 g/mol. The van der Waals surface area contributed by atoms with Gasteiger partial charge in [-0.1, -0.05) is 19.1 Å². The molecular formula is C16H25N3O. The van der Waals surface area contributed by atoms with Crippen LogP contribution >= 0.6 is 0 Å². The lowest BCUT2D eigenvalue weighted by Gasteiger charge is -2.33. The fourth-order valence-corrected chi connectivity index (χ4v) is 2.54. The van der Waals surface area contributed by atoms with Crippen LogP contribution in [0.2, 0.25) is 0 Å². The predicted octanol–water partition coefficient (Wildman–Crippen LogP) is 1.88. The lowest BCUT2D eigenvalue weighted by Crippen LogP contribution is -2.48. The summed E-state index contributed by atoms with van der Waals surface area (Å²) in [5.41, 5.74) is 3.29. The number of amides is 1. The molecule has 1 aromatic carbocycles. The van der Waals surface area contributed by atoms with E-state index in [1.165, 1.54) is 5.56 Å². The fraction of sp³-hybridized carbons (Fsp3) is 0.562. The van der Waals surface area contributed by atoms with Crippen LogP contribution in [-0.4, -0.2) is 55.0 Å². The number of anilines is 1. The molecule has 0 spiro atoms. The largest absolute Gasteiger partial charge is 0.325 e. The molecule has 110 valence electrons. The highest BCUT2D eigenvalue weighted by molar-refractivity contribution is 5.93. The summed E-state index contributed by atoms with van der Waals surface area (Å²) in [6, 6.07) is 6.02. The highest BCUT2D eigenvalue weighted by Gasteiger charge is 2.18. The summed E-state index contributed by atoms with van der Waals surface area (Å²) in [7, 11) is 0. The monoisotopic (exact) mass is 275 g/mol. The van der Waals surface area contributed by atoms with Crippen molar-refractivity contribution in [1.82, 2.24) is 9.80 Å². The first-order chi connectivity index (χ1) is 9.60. The van der Waals surface area contributed by atoms with Gasteiger partial charge in [0.25, 0.3) is 0 Å². The van der Waals surface area contributed by atoms with Crippen molar-refractivity contribution in [3.8, 4) is 0 Å². The number of piperazine rings is 1. The maximum atomic E-state index is 12.1. The molecule has 1 saturated heterocycles. The van der Waals surface area contributed by atoms with Crippen molar-refractivity contribution in [1.29, 1.82) is 0 Å². The van der Waals surface area contributed by atoms with E-state index in [4.69, 9.17) is 0 Å². The molecule has 0 atom stereocenters. The summed E-state index contributed by atoms with van der Waals surface area (Å²) >= 11 is 0. The molecule has 0 aliphatic carbocycles. The lowest BCUT2D eigenvalue weighted by molar-refractivity contribution is -0.117. The smallest absolute Gasteiger partial charge is 0.238 e. The molecule has 1 aromatic rings. The van der Waals surface area contributed by atoms with E-state index in [0.717, 1.165) is 44.0 Å². The molecule has 4 nitrogen and oxygen atoms in total. The number of benzene rings is 1. The first-order valence-corrected chi connectivity index (χ1v) is 7.41. The minimum Gasteiger partial charge on any atom is -0.325 e. The maximum absolute atomic E-state index is 12.1. The van der Waals surface area contributed by atoms with Crippen molar-refractivity contribution in [2.24, 2.45) is 0 Å². The molecule has 20 heavy (non-hydrogen) atoms. The van der Waals surface area contributed by atoms with Crippen LogP contribution in [0.5, 0.6) is 0 Å². The summed E-state index contributed by atoms with van der Waals surface area (Å²) in [6.45, 7) is 12.0. The van der Waals surface area contributed by atoms with Gasteiger partial charge in [-0.3, -0.25) is 9.69 Å². The minimum absolute atomic E-state index is 0.0867. The summed E-state index contributed by atoms with van der Waals surface area (Å²) < 4.78 is 0. The molecule has 1 N–H and O–H groups in total. The molecule has 1 fully saturated rings. The number of carbonyl (C=O) groups excluding carboxylic acids is 1. The molecule has 1 aliphatic rings. The van der Waals surface area contributed by atoms with E-state index in [0.29, 0.717) is 6.54 Å². The van der Waals surface area contributed by atoms with Crippen LogP contribution in [0, 0.1) is 13.8 Å². The number of hydrogen-bond acceptors (Lipinski definition) is 3. The second-order valence-corrected chi connectivity index (χ2v) is 5.51. The SMILES string of the molecule is CCN1CCN(CC(=O)Nc2cccc(C)c2C)CC1. The Bertz CT molecular complexity index is 465. The van der Waals surface area contributed by atoms with Crippen LogP contribution in [-0.2, 0) is 4.79 Å². The molecule has 4 heteroatoms. The summed E-state index contributed by atoms with van der Waals surface area (Å²) in [6.07, 6.45) is 0. The van der Waals surface area contributed by atoms with Crippen molar-refractivity contribution in [3.05, 3.63) is 29.3 Å². The topological polar surface area (TPSA) is 35.6 Å². The second-order valence-electron chi connectivity index (χ2n) is 5.51. The predicted molar refractivity (Wildman–Crippen MR) is 83.1 cm³/mol. The van der Waals surface area contributed by atoms with E-state index in [1.54, 1.807) is 0 Å². The number of nitrogens with zero attached hydrogens (tertiary/aromatic N) is 2. The molecule has 1 aliphatic heterocycles. The number of hydrogen-bond donors (Lipinski definition) is 1. The highest BCUT2D eigenvalue weighted by atomic mass is 16.2. The quantitative estimate of drug-likeness (QED) is 0.911. The highest BCUT2D eigenvalue weighted by Crippen LogP contribution is 2.17. The molecule has 2 rings (SSSR count). The van der Waals surface area contributed by atoms with Gasteiger partial charge in [0, 0.05) is 31.9 Å². The summed E-state index contributed by atoms with van der Waals surface area (Å²) in [5, 5.41) is 3.03. The Morgan fingerprint density at radius 1 is 1.15 bits per heavy atom. The van der Waals surface area contributed by atoms with Gasteiger partial charge in [-0.25, -0.2) is 0 Å². The van der Waals surface area contributed by atoms with Gasteiger partial charge in [0.15, 0.2) is 0 Å². The Balaban J connectivity index is 1.85. The standard InChI is InChI=1S/C16H25N3O/c1-4-18-8-10-19(11-9-18)12-16(20)17-15-7-5-6-13(2)14(15)3/h5-7H,4,8-12H2,1-3H3,(H,17,20). The zero-order valence-corrected chi connectivity index (χ0v) is 12.8. The fourth-order valence-electron chi connectivity index (χ4n) is 2.54. The van der Waals surface area contributed by atoms with Crippen LogP contribution in [0.3, 0.4) is 0 Å². The van der Waals surface area contributed by atoms with E-state index >= 15 is 0 Å². The van der Waals surface area contributed by atoms with Gasteiger partial charge in [-0.05, 0) is 37.6 Å². The first-order valence-electron chi connectivity index (χ1n) is 7.41. The van der Waals surface area contributed by atoms with Crippen LogP contribution in [0.25, 0.3) is 0 Å². The van der Waals surface area contributed by atoms with E-state index in [9.17, 15) is 4.79 Å². The Morgan fingerprint density at radius 3 is 2.45 bits per heavy atom.